The molecule has 1 amide bonds. The molecule has 3 rings (SSSR count). The molecule has 0 fully saturated rings. The first-order chi connectivity index (χ1) is 11.2. The number of hydrogen-bond acceptors (Lipinski definition) is 3. The van der Waals surface area contributed by atoms with E-state index in [4.69, 9.17) is 4.74 Å². The number of anilines is 1. The minimum Gasteiger partial charge on any atom is -0.457 e. The van der Waals surface area contributed by atoms with Crippen LogP contribution < -0.4 is 10.1 Å². The van der Waals surface area contributed by atoms with E-state index in [0.29, 0.717) is 17.2 Å². The summed E-state index contributed by atoms with van der Waals surface area (Å²) in [5, 5.41) is 2.71. The Morgan fingerprint density at radius 3 is 2.52 bits per heavy atom. The van der Waals surface area contributed by atoms with Gasteiger partial charge in [-0.3, -0.25) is 9.78 Å². The lowest BCUT2D eigenvalue weighted by Gasteiger charge is -2.09. The van der Waals surface area contributed by atoms with Crippen LogP contribution in [-0.4, -0.2) is 10.9 Å². The van der Waals surface area contributed by atoms with Crippen molar-refractivity contribution in [1.29, 1.82) is 0 Å². The maximum atomic E-state index is 13.2. The lowest BCUT2D eigenvalue weighted by Crippen LogP contribution is -2.11. The van der Waals surface area contributed by atoms with Crippen LogP contribution in [0.5, 0.6) is 11.5 Å². The molecule has 0 bridgehead atoms. The van der Waals surface area contributed by atoms with E-state index in [1.165, 1.54) is 18.2 Å². The van der Waals surface area contributed by atoms with Crippen LogP contribution in [0.2, 0.25) is 0 Å². The Hall–Kier alpha value is -3.21. The fraction of sp³-hybridized carbons (Fsp3) is 0. The Morgan fingerprint density at radius 1 is 0.957 bits per heavy atom. The molecule has 1 heterocycles. The van der Waals surface area contributed by atoms with E-state index in [1.807, 2.05) is 0 Å². The molecule has 0 aliphatic heterocycles. The van der Waals surface area contributed by atoms with Crippen LogP contribution in [0.3, 0.4) is 0 Å². The number of carbonyl (C=O) groups is 1. The summed E-state index contributed by atoms with van der Waals surface area (Å²) in [4.78, 5) is 16.0. The summed E-state index contributed by atoms with van der Waals surface area (Å²) < 4.78 is 18.8. The molecule has 5 heteroatoms. The molecule has 0 saturated heterocycles. The normalized spacial score (nSPS) is 10.1. The first kappa shape index (κ1) is 14.7. The van der Waals surface area contributed by atoms with Gasteiger partial charge in [-0.25, -0.2) is 4.39 Å². The van der Waals surface area contributed by atoms with Gasteiger partial charge in [-0.2, -0.15) is 0 Å². The van der Waals surface area contributed by atoms with Crippen molar-refractivity contribution < 1.29 is 13.9 Å². The number of nitrogens with zero attached hydrogens (tertiary/aromatic N) is 1. The summed E-state index contributed by atoms with van der Waals surface area (Å²) in [7, 11) is 0. The van der Waals surface area contributed by atoms with E-state index in [-0.39, 0.29) is 11.5 Å². The lowest BCUT2D eigenvalue weighted by atomic mass is 10.2. The zero-order valence-corrected chi connectivity index (χ0v) is 12.1. The second-order valence-corrected chi connectivity index (χ2v) is 4.78. The summed E-state index contributed by atoms with van der Waals surface area (Å²) >= 11 is 0. The number of carbonyl (C=O) groups excluding carboxylic acids is 1. The van der Waals surface area contributed by atoms with Crippen molar-refractivity contribution >= 4 is 11.6 Å². The highest BCUT2D eigenvalue weighted by Gasteiger charge is 2.07. The zero-order chi connectivity index (χ0) is 16.1. The molecular formula is C18H13FN2O2. The number of nitrogens with one attached hydrogen (secondary N) is 1. The SMILES string of the molecule is O=C(Nc1cccc(Oc2ccncc2)c1)c1cccc(F)c1. The number of benzene rings is 2. The smallest absolute Gasteiger partial charge is 0.255 e. The van der Waals surface area contributed by atoms with Gasteiger partial charge < -0.3 is 10.1 Å². The number of ether oxygens (including phenoxy) is 1. The highest BCUT2D eigenvalue weighted by molar-refractivity contribution is 6.04. The Labute approximate surface area is 132 Å². The van der Waals surface area contributed by atoms with Gasteiger partial charge in [0.2, 0.25) is 0 Å². The predicted molar refractivity (Wildman–Crippen MR) is 85.1 cm³/mol. The Bertz CT molecular complexity index is 822. The average molecular weight is 308 g/mol. The molecule has 1 aromatic heterocycles. The molecule has 0 saturated carbocycles. The molecule has 0 radical (unpaired) electrons. The van der Waals surface area contributed by atoms with Gasteiger partial charge in [-0.05, 0) is 42.5 Å². The van der Waals surface area contributed by atoms with Crippen LogP contribution in [-0.2, 0) is 0 Å². The molecule has 3 aromatic rings. The van der Waals surface area contributed by atoms with Crippen molar-refractivity contribution in [1.82, 2.24) is 4.98 Å². The van der Waals surface area contributed by atoms with Gasteiger partial charge in [0.15, 0.2) is 0 Å². The van der Waals surface area contributed by atoms with E-state index in [1.54, 1.807) is 54.9 Å². The largest absolute Gasteiger partial charge is 0.457 e. The highest BCUT2D eigenvalue weighted by atomic mass is 19.1. The Kier molecular flexibility index (Phi) is 4.29. The number of hydrogen-bond donors (Lipinski definition) is 1. The maximum Gasteiger partial charge on any atom is 0.255 e. The van der Waals surface area contributed by atoms with Gasteiger partial charge in [-0.1, -0.05) is 12.1 Å². The number of rotatable bonds is 4. The molecule has 0 spiro atoms. The van der Waals surface area contributed by atoms with Gasteiger partial charge in [0, 0.05) is 29.7 Å². The summed E-state index contributed by atoms with van der Waals surface area (Å²) in [6.07, 6.45) is 3.26. The number of aromatic nitrogens is 1. The Balaban J connectivity index is 1.74. The van der Waals surface area contributed by atoms with Crippen LogP contribution in [0.25, 0.3) is 0 Å². The monoisotopic (exact) mass is 308 g/mol. The van der Waals surface area contributed by atoms with Crippen molar-refractivity contribution in [3.63, 3.8) is 0 Å². The standard InChI is InChI=1S/C18H13FN2O2/c19-14-4-1-3-13(11-14)18(22)21-15-5-2-6-17(12-15)23-16-7-9-20-10-8-16/h1-12H,(H,21,22). The van der Waals surface area contributed by atoms with Gasteiger partial charge in [0.05, 0.1) is 0 Å². The average Bonchev–Trinajstić information content (AvgIpc) is 2.56. The van der Waals surface area contributed by atoms with E-state index in [2.05, 4.69) is 10.3 Å². The lowest BCUT2D eigenvalue weighted by molar-refractivity contribution is 0.102. The third-order valence-corrected chi connectivity index (χ3v) is 3.06. The Morgan fingerprint density at radius 2 is 1.74 bits per heavy atom. The van der Waals surface area contributed by atoms with Gasteiger partial charge in [0.25, 0.3) is 5.91 Å². The molecule has 0 atom stereocenters. The number of halogens is 1. The van der Waals surface area contributed by atoms with E-state index in [0.717, 1.165) is 0 Å². The molecule has 23 heavy (non-hydrogen) atoms. The second kappa shape index (κ2) is 6.70. The minimum absolute atomic E-state index is 0.255. The summed E-state index contributed by atoms with van der Waals surface area (Å²) in [5.41, 5.74) is 0.816. The van der Waals surface area contributed by atoms with Crippen molar-refractivity contribution in [2.24, 2.45) is 0 Å². The van der Waals surface area contributed by atoms with Gasteiger partial charge in [-0.15, -0.1) is 0 Å². The van der Waals surface area contributed by atoms with Gasteiger partial charge >= 0.3 is 0 Å². The maximum absolute atomic E-state index is 13.2. The number of pyridine rings is 1. The fourth-order valence-electron chi connectivity index (χ4n) is 2.01. The van der Waals surface area contributed by atoms with Crippen molar-refractivity contribution in [3.05, 3.63) is 84.4 Å². The van der Waals surface area contributed by atoms with Crippen LogP contribution in [0.1, 0.15) is 10.4 Å². The molecule has 1 N–H and O–H groups in total. The molecule has 2 aromatic carbocycles. The van der Waals surface area contributed by atoms with Crippen LogP contribution in [0, 0.1) is 5.82 Å². The predicted octanol–water partition coefficient (Wildman–Crippen LogP) is 4.27. The molecule has 114 valence electrons. The van der Waals surface area contributed by atoms with Crippen molar-refractivity contribution in [3.8, 4) is 11.5 Å². The van der Waals surface area contributed by atoms with E-state index >= 15 is 0 Å². The van der Waals surface area contributed by atoms with Gasteiger partial charge in [0.1, 0.15) is 17.3 Å². The van der Waals surface area contributed by atoms with Crippen LogP contribution in [0.4, 0.5) is 10.1 Å². The van der Waals surface area contributed by atoms with E-state index < -0.39 is 5.82 Å². The first-order valence-corrected chi connectivity index (χ1v) is 6.95. The summed E-state index contributed by atoms with van der Waals surface area (Å²) in [6, 6.07) is 16.0. The topological polar surface area (TPSA) is 51.2 Å². The third-order valence-electron chi connectivity index (χ3n) is 3.06. The second-order valence-electron chi connectivity index (χ2n) is 4.78. The quantitative estimate of drug-likeness (QED) is 0.783. The van der Waals surface area contributed by atoms with E-state index in [9.17, 15) is 9.18 Å². The minimum atomic E-state index is -0.451. The highest BCUT2D eigenvalue weighted by Crippen LogP contribution is 2.23. The fourth-order valence-corrected chi connectivity index (χ4v) is 2.01. The molecule has 0 aliphatic rings. The third kappa shape index (κ3) is 3.91. The molecular weight excluding hydrogens is 295 g/mol. The number of amides is 1. The summed E-state index contributed by atoms with van der Waals surface area (Å²) in [6.45, 7) is 0. The molecule has 4 nitrogen and oxygen atoms in total. The molecule has 0 unspecified atom stereocenters. The first-order valence-electron chi connectivity index (χ1n) is 6.95. The van der Waals surface area contributed by atoms with Crippen molar-refractivity contribution in [2.75, 3.05) is 5.32 Å². The summed E-state index contributed by atoms with van der Waals surface area (Å²) in [5.74, 6) is 0.389. The van der Waals surface area contributed by atoms with Crippen LogP contribution in [0.15, 0.2) is 73.1 Å². The molecule has 0 aliphatic carbocycles. The zero-order valence-electron chi connectivity index (χ0n) is 12.1. The van der Waals surface area contributed by atoms with Crippen LogP contribution >= 0.6 is 0 Å². The van der Waals surface area contributed by atoms with Crippen molar-refractivity contribution in [2.45, 2.75) is 0 Å².